The number of hydrogen-bond donors (Lipinski definition) is 0. The van der Waals surface area contributed by atoms with E-state index in [0.717, 1.165) is 29.1 Å². The highest BCUT2D eigenvalue weighted by molar-refractivity contribution is 8.03. The fourth-order valence-corrected chi connectivity index (χ4v) is 1.30. The summed E-state index contributed by atoms with van der Waals surface area (Å²) < 4.78 is 5.36. The molecule has 0 bridgehead atoms. The quantitative estimate of drug-likeness (QED) is 0.368. The Kier molecular flexibility index (Phi) is 5.65. The lowest BCUT2D eigenvalue weighted by Crippen LogP contribution is -2.22. The van der Waals surface area contributed by atoms with Crippen molar-refractivity contribution in [1.82, 2.24) is 0 Å². The van der Waals surface area contributed by atoms with E-state index in [9.17, 15) is 0 Å². The summed E-state index contributed by atoms with van der Waals surface area (Å²) in [6.45, 7) is 4.19. The van der Waals surface area contributed by atoms with Gasteiger partial charge in [0.25, 0.3) is 0 Å². The average molecular weight is 189 g/mol. The Morgan fingerprint density at radius 3 is 2.73 bits per heavy atom. The standard InChI is InChI=1S/C7H15NOSSi/c1-7(2,9-11)4-3-5-10-6-8/h3-5H2,1-2,11H3. The van der Waals surface area contributed by atoms with Crippen LogP contribution in [-0.4, -0.2) is 21.8 Å². The van der Waals surface area contributed by atoms with Gasteiger partial charge in [-0.3, -0.25) is 0 Å². The van der Waals surface area contributed by atoms with Crippen LogP contribution >= 0.6 is 11.8 Å². The van der Waals surface area contributed by atoms with Gasteiger partial charge < -0.3 is 4.43 Å². The molecule has 0 N–H and O–H groups in total. The molecule has 0 rings (SSSR count). The molecule has 64 valence electrons. The Hall–Kier alpha value is 0.0169. The summed E-state index contributed by atoms with van der Waals surface area (Å²) in [4.78, 5) is 0. The van der Waals surface area contributed by atoms with Crippen LogP contribution in [0.4, 0.5) is 0 Å². The van der Waals surface area contributed by atoms with Gasteiger partial charge in [-0.2, -0.15) is 5.26 Å². The molecule has 0 aromatic rings. The van der Waals surface area contributed by atoms with Gasteiger partial charge in [0.15, 0.2) is 0 Å². The molecule has 0 amide bonds. The number of hydrogen-bond acceptors (Lipinski definition) is 3. The van der Waals surface area contributed by atoms with E-state index in [1.165, 1.54) is 11.8 Å². The SMILES string of the molecule is CC(C)(CCCSC#N)O[SiH3]. The van der Waals surface area contributed by atoms with Crippen molar-refractivity contribution in [1.29, 1.82) is 5.26 Å². The van der Waals surface area contributed by atoms with Crippen molar-refractivity contribution in [2.75, 3.05) is 5.75 Å². The van der Waals surface area contributed by atoms with Crippen molar-refractivity contribution in [2.24, 2.45) is 0 Å². The summed E-state index contributed by atoms with van der Waals surface area (Å²) in [5, 5.41) is 10.3. The van der Waals surface area contributed by atoms with Gasteiger partial charge in [0.2, 0.25) is 0 Å². The van der Waals surface area contributed by atoms with E-state index in [2.05, 4.69) is 19.2 Å². The van der Waals surface area contributed by atoms with Gasteiger partial charge in [0.1, 0.15) is 15.9 Å². The molecule has 0 aliphatic rings. The van der Waals surface area contributed by atoms with E-state index >= 15 is 0 Å². The van der Waals surface area contributed by atoms with Crippen LogP contribution in [0.25, 0.3) is 0 Å². The van der Waals surface area contributed by atoms with Gasteiger partial charge in [-0.15, -0.1) is 0 Å². The Labute approximate surface area is 75.9 Å². The molecule has 0 aromatic carbocycles. The van der Waals surface area contributed by atoms with Crippen LogP contribution in [0.2, 0.25) is 0 Å². The number of nitriles is 1. The van der Waals surface area contributed by atoms with E-state index in [4.69, 9.17) is 9.69 Å². The van der Waals surface area contributed by atoms with Crippen LogP contribution in [-0.2, 0) is 4.43 Å². The molecule has 0 heterocycles. The summed E-state index contributed by atoms with van der Waals surface area (Å²) in [5.74, 6) is 0.921. The minimum Gasteiger partial charge on any atom is -0.423 e. The molecular formula is C7H15NOSSi. The Balaban J connectivity index is 3.32. The predicted molar refractivity (Wildman–Crippen MR) is 52.4 cm³/mol. The van der Waals surface area contributed by atoms with Gasteiger partial charge >= 0.3 is 0 Å². The lowest BCUT2D eigenvalue weighted by molar-refractivity contribution is 0.112. The first-order valence-corrected chi connectivity index (χ1v) is 5.48. The molecule has 0 fully saturated rings. The summed E-state index contributed by atoms with van der Waals surface area (Å²) in [7, 11) is 0.795. The lowest BCUT2D eigenvalue weighted by Gasteiger charge is -2.22. The maximum atomic E-state index is 8.24. The van der Waals surface area contributed by atoms with Crippen molar-refractivity contribution in [3.05, 3.63) is 0 Å². The zero-order valence-electron chi connectivity index (χ0n) is 7.39. The fraction of sp³-hybridized carbons (Fsp3) is 0.857. The second-order valence-electron chi connectivity index (χ2n) is 3.01. The molecule has 0 aromatic heterocycles. The highest BCUT2D eigenvalue weighted by Crippen LogP contribution is 2.16. The normalized spacial score (nSPS) is 11.4. The fourth-order valence-electron chi connectivity index (χ4n) is 0.718. The zero-order valence-corrected chi connectivity index (χ0v) is 10.2. The molecule has 0 unspecified atom stereocenters. The molecule has 0 aliphatic heterocycles. The molecule has 4 heteroatoms. The van der Waals surface area contributed by atoms with E-state index in [0.29, 0.717) is 0 Å². The second-order valence-corrected chi connectivity index (χ2v) is 4.29. The molecular weight excluding hydrogens is 174 g/mol. The Bertz CT molecular complexity index is 144. The van der Waals surface area contributed by atoms with Gasteiger partial charge in [0, 0.05) is 11.4 Å². The third-order valence-corrected chi connectivity index (χ3v) is 3.37. The largest absolute Gasteiger partial charge is 0.423 e. The van der Waals surface area contributed by atoms with Crippen LogP contribution < -0.4 is 0 Å². The van der Waals surface area contributed by atoms with E-state index in [1.54, 1.807) is 0 Å². The predicted octanol–water partition coefficient (Wildman–Crippen LogP) is 1.06. The molecule has 0 aliphatic carbocycles. The van der Waals surface area contributed by atoms with Crippen molar-refractivity contribution < 1.29 is 4.43 Å². The number of rotatable bonds is 5. The zero-order chi connectivity index (χ0) is 8.74. The molecule has 0 saturated heterocycles. The van der Waals surface area contributed by atoms with E-state index in [-0.39, 0.29) is 5.60 Å². The molecule has 0 spiro atoms. The molecule has 0 atom stereocenters. The lowest BCUT2D eigenvalue weighted by atomic mass is 10.0. The molecule has 11 heavy (non-hydrogen) atoms. The van der Waals surface area contributed by atoms with Crippen LogP contribution in [0.5, 0.6) is 0 Å². The highest BCUT2D eigenvalue weighted by atomic mass is 32.2. The Morgan fingerprint density at radius 1 is 1.64 bits per heavy atom. The topological polar surface area (TPSA) is 33.0 Å². The monoisotopic (exact) mass is 189 g/mol. The summed E-state index contributed by atoms with van der Waals surface area (Å²) >= 11 is 1.32. The van der Waals surface area contributed by atoms with Crippen LogP contribution in [0, 0.1) is 10.7 Å². The van der Waals surface area contributed by atoms with Crippen molar-refractivity contribution in [2.45, 2.75) is 32.3 Å². The summed E-state index contributed by atoms with van der Waals surface area (Å²) in [6.07, 6.45) is 2.11. The number of thiocyanates is 1. The third kappa shape index (κ3) is 6.42. The minimum absolute atomic E-state index is 0.0300. The number of nitrogens with zero attached hydrogens (tertiary/aromatic N) is 1. The van der Waals surface area contributed by atoms with Crippen LogP contribution in [0.15, 0.2) is 0 Å². The average Bonchev–Trinajstić information content (AvgIpc) is 1.99. The molecule has 0 saturated carbocycles. The first-order chi connectivity index (χ1) is 5.12. The number of thioether (sulfide) groups is 1. The summed E-state index contributed by atoms with van der Waals surface area (Å²) in [5.41, 5.74) is 0.0300. The van der Waals surface area contributed by atoms with Gasteiger partial charge in [-0.25, -0.2) is 0 Å². The van der Waals surface area contributed by atoms with E-state index < -0.39 is 0 Å². The maximum Gasteiger partial charge on any atom is 0.146 e. The first kappa shape index (κ1) is 11.0. The van der Waals surface area contributed by atoms with Crippen molar-refractivity contribution in [3.63, 3.8) is 0 Å². The highest BCUT2D eigenvalue weighted by Gasteiger charge is 2.13. The van der Waals surface area contributed by atoms with Gasteiger partial charge in [-0.1, -0.05) is 0 Å². The minimum atomic E-state index is 0.0300. The summed E-state index contributed by atoms with van der Waals surface area (Å²) in [6, 6.07) is 0. The second kappa shape index (κ2) is 5.64. The molecule has 0 radical (unpaired) electrons. The Morgan fingerprint density at radius 2 is 2.27 bits per heavy atom. The van der Waals surface area contributed by atoms with Crippen molar-refractivity contribution >= 4 is 22.2 Å². The van der Waals surface area contributed by atoms with Gasteiger partial charge in [-0.05, 0) is 38.5 Å². The smallest absolute Gasteiger partial charge is 0.146 e. The third-order valence-electron chi connectivity index (χ3n) is 1.64. The van der Waals surface area contributed by atoms with Crippen molar-refractivity contribution in [3.8, 4) is 5.40 Å². The maximum absolute atomic E-state index is 8.24. The van der Waals surface area contributed by atoms with Crippen LogP contribution in [0.1, 0.15) is 26.7 Å². The van der Waals surface area contributed by atoms with E-state index in [1.807, 2.05) is 0 Å². The van der Waals surface area contributed by atoms with Crippen LogP contribution in [0.3, 0.4) is 0 Å². The first-order valence-electron chi connectivity index (χ1n) is 3.68. The molecule has 2 nitrogen and oxygen atoms in total. The van der Waals surface area contributed by atoms with Gasteiger partial charge in [0.05, 0.1) is 0 Å².